The third-order valence-corrected chi connectivity index (χ3v) is 5.78. The number of amides is 1. The van der Waals surface area contributed by atoms with Crippen LogP contribution in [0.5, 0.6) is 0 Å². The minimum Gasteiger partial charge on any atom is -0.453 e. The zero-order valence-corrected chi connectivity index (χ0v) is 18.2. The molecule has 1 amide bonds. The fourth-order valence-electron chi connectivity index (χ4n) is 2.25. The van der Waals surface area contributed by atoms with Crippen molar-refractivity contribution in [3.63, 3.8) is 0 Å². The largest absolute Gasteiger partial charge is 0.453 e. The molecule has 0 aliphatic carbocycles. The number of aryl methyl sites for hydroxylation is 1. The minimum absolute atomic E-state index is 0.000128. The molecule has 2 aromatic carbocycles. The number of ether oxygens (including phenoxy) is 1. The molecule has 2 aromatic rings. The molecule has 0 aliphatic heterocycles. The number of benzene rings is 2. The normalized spacial score (nSPS) is 12.3. The average Bonchev–Trinajstić information content (AvgIpc) is 2.64. The van der Waals surface area contributed by atoms with Crippen LogP contribution in [0.15, 0.2) is 41.3 Å². The lowest BCUT2D eigenvalue weighted by atomic mass is 10.1. The maximum Gasteiger partial charge on any atom is 0.306 e. The standard InChI is InChI=1S/C18H17Cl3N2O5S/c1-10(18(25)23-16-9-14(20)13(19)8-15(16)21)28-17(24)7-4-11-2-5-12(6-3-11)29(22,26)27/h2-3,5-6,8-10H,4,7H2,1H3,(H,23,25)(H2,22,26,27). The Labute approximate surface area is 183 Å². The van der Waals surface area contributed by atoms with E-state index in [1.807, 2.05) is 0 Å². The van der Waals surface area contributed by atoms with Gasteiger partial charge in [-0.3, -0.25) is 9.59 Å². The molecule has 0 aromatic heterocycles. The van der Waals surface area contributed by atoms with Gasteiger partial charge in [-0.05, 0) is 43.2 Å². The Morgan fingerprint density at radius 1 is 1.07 bits per heavy atom. The van der Waals surface area contributed by atoms with Crippen molar-refractivity contribution in [1.29, 1.82) is 0 Å². The van der Waals surface area contributed by atoms with E-state index < -0.39 is 28.0 Å². The highest BCUT2D eigenvalue weighted by atomic mass is 35.5. The van der Waals surface area contributed by atoms with Crippen molar-refractivity contribution in [1.82, 2.24) is 0 Å². The van der Waals surface area contributed by atoms with Crippen LogP contribution in [0.1, 0.15) is 18.9 Å². The second-order valence-corrected chi connectivity index (χ2v) is 8.84. The monoisotopic (exact) mass is 478 g/mol. The van der Waals surface area contributed by atoms with Gasteiger partial charge in [0.05, 0.1) is 25.7 Å². The van der Waals surface area contributed by atoms with E-state index >= 15 is 0 Å². The van der Waals surface area contributed by atoms with Crippen molar-refractivity contribution < 1.29 is 22.7 Å². The Morgan fingerprint density at radius 2 is 1.66 bits per heavy atom. The second kappa shape index (κ2) is 9.77. The van der Waals surface area contributed by atoms with Crippen molar-refractivity contribution in [3.05, 3.63) is 57.0 Å². The van der Waals surface area contributed by atoms with Crippen LogP contribution in [0.25, 0.3) is 0 Å². The summed E-state index contributed by atoms with van der Waals surface area (Å²) in [5.41, 5.74) is 0.956. The first-order chi connectivity index (χ1) is 13.5. The number of sulfonamides is 1. The molecule has 2 rings (SSSR count). The van der Waals surface area contributed by atoms with Crippen LogP contribution >= 0.6 is 34.8 Å². The van der Waals surface area contributed by atoms with Gasteiger partial charge in [0.2, 0.25) is 10.0 Å². The summed E-state index contributed by atoms with van der Waals surface area (Å²) in [7, 11) is -3.77. The number of hydrogen-bond donors (Lipinski definition) is 2. The number of nitrogens with two attached hydrogens (primary N) is 1. The van der Waals surface area contributed by atoms with Crippen molar-refractivity contribution in [2.45, 2.75) is 30.8 Å². The molecule has 156 valence electrons. The summed E-state index contributed by atoms with van der Waals surface area (Å²) >= 11 is 17.7. The van der Waals surface area contributed by atoms with E-state index in [0.717, 1.165) is 0 Å². The van der Waals surface area contributed by atoms with Crippen LogP contribution < -0.4 is 10.5 Å². The molecule has 0 radical (unpaired) electrons. The lowest BCUT2D eigenvalue weighted by Gasteiger charge is -2.15. The van der Waals surface area contributed by atoms with Gasteiger partial charge in [0.25, 0.3) is 5.91 Å². The highest BCUT2D eigenvalue weighted by Gasteiger charge is 2.19. The first kappa shape index (κ1) is 23.4. The third kappa shape index (κ3) is 6.87. The smallest absolute Gasteiger partial charge is 0.306 e. The van der Waals surface area contributed by atoms with Gasteiger partial charge in [0.1, 0.15) is 0 Å². The summed E-state index contributed by atoms with van der Waals surface area (Å²) in [5, 5.41) is 8.19. The van der Waals surface area contributed by atoms with Gasteiger partial charge in [-0.15, -0.1) is 0 Å². The maximum absolute atomic E-state index is 12.2. The van der Waals surface area contributed by atoms with Crippen molar-refractivity contribution in [3.8, 4) is 0 Å². The van der Waals surface area contributed by atoms with Gasteiger partial charge in [-0.2, -0.15) is 0 Å². The molecule has 1 atom stereocenters. The Bertz CT molecular complexity index is 1030. The average molecular weight is 480 g/mol. The molecule has 0 saturated heterocycles. The predicted molar refractivity (Wildman–Crippen MR) is 112 cm³/mol. The summed E-state index contributed by atoms with van der Waals surface area (Å²) in [6, 6.07) is 8.59. The summed E-state index contributed by atoms with van der Waals surface area (Å²) in [6.45, 7) is 1.42. The summed E-state index contributed by atoms with van der Waals surface area (Å²) in [4.78, 5) is 24.2. The molecule has 7 nitrogen and oxygen atoms in total. The number of carbonyl (C=O) groups is 2. The minimum atomic E-state index is -3.77. The Morgan fingerprint density at radius 3 is 2.24 bits per heavy atom. The van der Waals surface area contributed by atoms with Gasteiger partial charge in [-0.1, -0.05) is 46.9 Å². The van der Waals surface area contributed by atoms with Crippen molar-refractivity contribution >= 4 is 62.4 Å². The van der Waals surface area contributed by atoms with Gasteiger partial charge < -0.3 is 10.1 Å². The highest BCUT2D eigenvalue weighted by Crippen LogP contribution is 2.32. The van der Waals surface area contributed by atoms with Crippen LogP contribution in [-0.2, 0) is 30.8 Å². The number of anilines is 1. The van der Waals surface area contributed by atoms with Gasteiger partial charge in [-0.25, -0.2) is 13.6 Å². The Balaban J connectivity index is 1.88. The molecule has 0 saturated carbocycles. The zero-order valence-electron chi connectivity index (χ0n) is 15.1. The van der Waals surface area contributed by atoms with E-state index in [-0.39, 0.29) is 32.1 Å². The lowest BCUT2D eigenvalue weighted by molar-refractivity contribution is -0.153. The van der Waals surface area contributed by atoms with E-state index in [0.29, 0.717) is 12.0 Å². The molecule has 0 heterocycles. The van der Waals surface area contributed by atoms with Crippen molar-refractivity contribution in [2.75, 3.05) is 5.32 Å². The summed E-state index contributed by atoms with van der Waals surface area (Å²) in [5.74, 6) is -1.18. The molecule has 0 fully saturated rings. The number of hydrogen-bond acceptors (Lipinski definition) is 5. The number of halogens is 3. The van der Waals surface area contributed by atoms with Gasteiger partial charge in [0.15, 0.2) is 6.10 Å². The Kier molecular flexibility index (Phi) is 7.90. The third-order valence-electron chi connectivity index (χ3n) is 3.81. The van der Waals surface area contributed by atoms with E-state index in [2.05, 4.69) is 5.32 Å². The summed E-state index contributed by atoms with van der Waals surface area (Å²) in [6.07, 6.45) is -0.769. The first-order valence-corrected chi connectivity index (χ1v) is 10.9. The van der Waals surface area contributed by atoms with E-state index in [1.165, 1.54) is 31.2 Å². The van der Waals surface area contributed by atoms with Gasteiger partial charge >= 0.3 is 5.97 Å². The summed E-state index contributed by atoms with van der Waals surface area (Å²) < 4.78 is 27.6. The van der Waals surface area contributed by atoms with Crippen LogP contribution in [0, 0.1) is 0 Å². The molecule has 29 heavy (non-hydrogen) atoms. The maximum atomic E-state index is 12.2. The quantitative estimate of drug-likeness (QED) is 0.463. The zero-order chi connectivity index (χ0) is 21.8. The number of nitrogens with one attached hydrogen (secondary N) is 1. The lowest BCUT2D eigenvalue weighted by Crippen LogP contribution is -2.30. The van der Waals surface area contributed by atoms with Gasteiger partial charge in [0, 0.05) is 6.42 Å². The van der Waals surface area contributed by atoms with Crippen LogP contribution in [-0.4, -0.2) is 26.4 Å². The number of primary sulfonamides is 1. The molecule has 3 N–H and O–H groups in total. The van der Waals surface area contributed by atoms with Crippen LogP contribution in [0.2, 0.25) is 15.1 Å². The van der Waals surface area contributed by atoms with Crippen LogP contribution in [0.3, 0.4) is 0 Å². The molecule has 0 spiro atoms. The number of carbonyl (C=O) groups excluding carboxylic acids is 2. The number of esters is 1. The Hall–Kier alpha value is -1.84. The molecule has 0 aliphatic rings. The fourth-order valence-corrected chi connectivity index (χ4v) is 3.36. The SMILES string of the molecule is CC(OC(=O)CCc1ccc(S(N)(=O)=O)cc1)C(=O)Nc1cc(Cl)c(Cl)cc1Cl. The highest BCUT2D eigenvalue weighted by molar-refractivity contribution is 7.89. The first-order valence-electron chi connectivity index (χ1n) is 8.24. The van der Waals surface area contributed by atoms with Crippen molar-refractivity contribution in [2.24, 2.45) is 5.14 Å². The molecular formula is C18H17Cl3N2O5S. The fraction of sp³-hybridized carbons (Fsp3) is 0.222. The van der Waals surface area contributed by atoms with Crippen LogP contribution in [0.4, 0.5) is 5.69 Å². The molecular weight excluding hydrogens is 463 g/mol. The molecule has 0 bridgehead atoms. The number of rotatable bonds is 7. The predicted octanol–water partition coefficient (Wildman–Crippen LogP) is 3.80. The topological polar surface area (TPSA) is 116 Å². The second-order valence-electron chi connectivity index (χ2n) is 6.06. The van der Waals surface area contributed by atoms with E-state index in [1.54, 1.807) is 12.1 Å². The molecule has 11 heteroatoms. The molecule has 1 unspecified atom stereocenters. The van der Waals surface area contributed by atoms with E-state index in [9.17, 15) is 18.0 Å². The van der Waals surface area contributed by atoms with E-state index in [4.69, 9.17) is 44.7 Å².